The lowest BCUT2D eigenvalue weighted by atomic mass is 9.90. The van der Waals surface area contributed by atoms with Crippen LogP contribution >= 0.6 is 11.6 Å². The van der Waals surface area contributed by atoms with Crippen LogP contribution in [-0.2, 0) is 0 Å². The highest BCUT2D eigenvalue weighted by atomic mass is 35.5. The molecule has 20 heavy (non-hydrogen) atoms. The van der Waals surface area contributed by atoms with Gasteiger partial charge in [-0.25, -0.2) is 9.82 Å². The molecule has 0 aliphatic carbocycles. The second-order valence-corrected chi connectivity index (χ2v) is 5.51. The first-order valence-electron chi connectivity index (χ1n) is 6.43. The van der Waals surface area contributed by atoms with E-state index in [1.807, 2.05) is 20.8 Å². The van der Waals surface area contributed by atoms with Gasteiger partial charge >= 0.3 is 0 Å². The molecule has 1 unspecified atom stereocenters. The Morgan fingerprint density at radius 2 is 1.70 bits per heavy atom. The molecule has 2 rings (SSSR count). The third kappa shape index (κ3) is 2.85. The first kappa shape index (κ1) is 15.0. The number of halogens is 2. The average Bonchev–Trinajstić information content (AvgIpc) is 2.34. The van der Waals surface area contributed by atoms with E-state index >= 15 is 0 Å². The Labute approximate surface area is 123 Å². The maximum Gasteiger partial charge on any atom is 0.129 e. The third-order valence-corrected chi connectivity index (χ3v) is 3.70. The molecule has 0 aliphatic rings. The van der Waals surface area contributed by atoms with E-state index in [0.29, 0.717) is 10.6 Å². The number of hydrogen-bond acceptors (Lipinski definition) is 2. The van der Waals surface area contributed by atoms with Crippen molar-refractivity contribution in [2.45, 2.75) is 26.8 Å². The fraction of sp³-hybridized carbons (Fsp3) is 0.250. The van der Waals surface area contributed by atoms with Crippen molar-refractivity contribution in [2.75, 3.05) is 0 Å². The summed E-state index contributed by atoms with van der Waals surface area (Å²) in [6, 6.07) is 8.39. The van der Waals surface area contributed by atoms with E-state index in [0.717, 1.165) is 16.7 Å². The van der Waals surface area contributed by atoms with E-state index in [1.54, 1.807) is 12.1 Å². The zero-order chi connectivity index (χ0) is 14.9. The van der Waals surface area contributed by atoms with Gasteiger partial charge in [-0.15, -0.1) is 0 Å². The van der Waals surface area contributed by atoms with Crippen molar-refractivity contribution >= 4 is 11.6 Å². The summed E-state index contributed by atoms with van der Waals surface area (Å²) >= 11 is 5.80. The minimum atomic E-state index is -0.395. The topological polar surface area (TPSA) is 38.0 Å². The Bertz CT molecular complexity index is 617. The van der Waals surface area contributed by atoms with E-state index in [4.69, 9.17) is 17.4 Å². The normalized spacial score (nSPS) is 12.5. The maximum absolute atomic E-state index is 14.1. The Morgan fingerprint density at radius 3 is 2.20 bits per heavy atom. The lowest BCUT2D eigenvalue weighted by Crippen LogP contribution is -2.30. The molecule has 0 saturated carbocycles. The van der Waals surface area contributed by atoms with E-state index in [9.17, 15) is 4.39 Å². The summed E-state index contributed by atoms with van der Waals surface area (Å²) in [5.74, 6) is 5.31. The van der Waals surface area contributed by atoms with Crippen LogP contribution in [0.25, 0.3) is 0 Å². The Morgan fingerprint density at radius 1 is 1.10 bits per heavy atom. The molecule has 0 bridgehead atoms. The van der Waals surface area contributed by atoms with Crippen molar-refractivity contribution in [3.8, 4) is 0 Å². The van der Waals surface area contributed by atoms with Crippen LogP contribution in [0.2, 0.25) is 5.02 Å². The van der Waals surface area contributed by atoms with Crippen molar-refractivity contribution in [1.82, 2.24) is 5.43 Å². The molecular formula is C16H18ClFN2. The van der Waals surface area contributed by atoms with Crippen LogP contribution in [-0.4, -0.2) is 0 Å². The van der Waals surface area contributed by atoms with Crippen LogP contribution in [0.1, 0.15) is 33.9 Å². The Hall–Kier alpha value is -1.42. The monoisotopic (exact) mass is 292 g/mol. The summed E-state index contributed by atoms with van der Waals surface area (Å²) < 4.78 is 14.1. The van der Waals surface area contributed by atoms with Gasteiger partial charge in [0.1, 0.15) is 5.82 Å². The fourth-order valence-corrected chi connectivity index (χ4v) is 2.87. The van der Waals surface area contributed by atoms with Gasteiger partial charge in [0, 0.05) is 10.6 Å². The quantitative estimate of drug-likeness (QED) is 0.664. The number of nitrogens with one attached hydrogen (secondary N) is 1. The zero-order valence-electron chi connectivity index (χ0n) is 11.8. The van der Waals surface area contributed by atoms with Crippen LogP contribution in [0.4, 0.5) is 4.39 Å². The molecule has 0 heterocycles. The molecule has 4 heteroatoms. The van der Waals surface area contributed by atoms with Gasteiger partial charge in [-0.3, -0.25) is 5.84 Å². The average molecular weight is 293 g/mol. The molecule has 0 spiro atoms. The molecule has 2 aromatic carbocycles. The second kappa shape index (κ2) is 5.92. The van der Waals surface area contributed by atoms with Crippen molar-refractivity contribution in [1.29, 1.82) is 0 Å². The van der Waals surface area contributed by atoms with Crippen LogP contribution < -0.4 is 11.3 Å². The Balaban J connectivity index is 2.58. The molecule has 106 valence electrons. The highest BCUT2D eigenvalue weighted by Gasteiger charge is 2.20. The van der Waals surface area contributed by atoms with Crippen LogP contribution in [0.3, 0.4) is 0 Å². The van der Waals surface area contributed by atoms with Crippen LogP contribution in [0.15, 0.2) is 30.3 Å². The standard InChI is InChI=1S/C16H18ClFN2/c1-9-6-10(2)15(11(3)7-9)16(20-19)13-5-4-12(17)8-14(13)18/h4-8,16,20H,19H2,1-3H3. The van der Waals surface area contributed by atoms with Crippen LogP contribution in [0.5, 0.6) is 0 Å². The molecular weight excluding hydrogens is 275 g/mol. The number of aryl methyl sites for hydroxylation is 3. The molecule has 0 saturated heterocycles. The minimum Gasteiger partial charge on any atom is -0.271 e. The smallest absolute Gasteiger partial charge is 0.129 e. The van der Waals surface area contributed by atoms with Gasteiger partial charge in [0.2, 0.25) is 0 Å². The van der Waals surface area contributed by atoms with Crippen molar-refractivity contribution in [3.63, 3.8) is 0 Å². The first-order chi connectivity index (χ1) is 9.43. The summed E-state index contributed by atoms with van der Waals surface area (Å²) in [6.07, 6.45) is 0. The third-order valence-electron chi connectivity index (χ3n) is 3.47. The van der Waals surface area contributed by atoms with Gasteiger partial charge < -0.3 is 0 Å². The predicted molar refractivity (Wildman–Crippen MR) is 81.2 cm³/mol. The summed E-state index contributed by atoms with van der Waals surface area (Å²) in [5.41, 5.74) is 7.55. The first-order valence-corrected chi connectivity index (χ1v) is 6.80. The molecule has 0 amide bonds. The molecule has 3 N–H and O–H groups in total. The highest BCUT2D eigenvalue weighted by molar-refractivity contribution is 6.30. The Kier molecular flexibility index (Phi) is 4.43. The van der Waals surface area contributed by atoms with Gasteiger partial charge in [-0.2, -0.15) is 0 Å². The largest absolute Gasteiger partial charge is 0.271 e. The lowest BCUT2D eigenvalue weighted by molar-refractivity contribution is 0.557. The molecule has 1 atom stereocenters. The molecule has 0 fully saturated rings. The van der Waals surface area contributed by atoms with E-state index in [2.05, 4.69) is 17.6 Å². The SMILES string of the molecule is Cc1cc(C)c(C(NN)c2ccc(Cl)cc2F)c(C)c1. The predicted octanol–water partition coefficient (Wildman–Crippen LogP) is 3.96. The van der Waals surface area contributed by atoms with Gasteiger partial charge in [0.25, 0.3) is 0 Å². The molecule has 0 aliphatic heterocycles. The van der Waals surface area contributed by atoms with Gasteiger partial charge in [0.05, 0.1) is 6.04 Å². The highest BCUT2D eigenvalue weighted by Crippen LogP contribution is 2.30. The maximum atomic E-state index is 14.1. The van der Waals surface area contributed by atoms with E-state index in [-0.39, 0.29) is 5.82 Å². The fourth-order valence-electron chi connectivity index (χ4n) is 2.71. The zero-order valence-corrected chi connectivity index (χ0v) is 12.6. The summed E-state index contributed by atoms with van der Waals surface area (Å²) in [4.78, 5) is 0. The molecule has 0 radical (unpaired) electrons. The van der Waals surface area contributed by atoms with Crippen molar-refractivity contribution in [3.05, 3.63) is 69.0 Å². The molecule has 0 aromatic heterocycles. The summed E-state index contributed by atoms with van der Waals surface area (Å²) in [6.45, 7) is 6.05. The van der Waals surface area contributed by atoms with E-state index in [1.165, 1.54) is 11.6 Å². The van der Waals surface area contributed by atoms with Gasteiger partial charge in [0.15, 0.2) is 0 Å². The lowest BCUT2D eigenvalue weighted by Gasteiger charge is -2.22. The van der Waals surface area contributed by atoms with Gasteiger partial charge in [-0.1, -0.05) is 35.4 Å². The molecule has 2 aromatic rings. The van der Waals surface area contributed by atoms with Crippen LogP contribution in [0, 0.1) is 26.6 Å². The molecule has 2 nitrogen and oxygen atoms in total. The van der Waals surface area contributed by atoms with Crippen molar-refractivity contribution < 1.29 is 4.39 Å². The number of nitrogens with two attached hydrogens (primary N) is 1. The number of rotatable bonds is 3. The summed E-state index contributed by atoms with van der Waals surface area (Å²) in [7, 11) is 0. The van der Waals surface area contributed by atoms with E-state index < -0.39 is 6.04 Å². The number of hydrazine groups is 1. The number of benzene rings is 2. The van der Waals surface area contributed by atoms with Crippen molar-refractivity contribution in [2.24, 2.45) is 5.84 Å². The summed E-state index contributed by atoms with van der Waals surface area (Å²) in [5, 5.41) is 0.374. The second-order valence-electron chi connectivity index (χ2n) is 5.08. The van der Waals surface area contributed by atoms with Gasteiger partial charge in [-0.05, 0) is 49.6 Å². The number of hydrogen-bond donors (Lipinski definition) is 2. The minimum absolute atomic E-state index is 0.361.